The highest BCUT2D eigenvalue weighted by molar-refractivity contribution is 6.36. The van der Waals surface area contributed by atoms with E-state index in [1.165, 1.54) is 6.07 Å². The number of fused-ring (bicyclic) bond motifs is 1. The van der Waals surface area contributed by atoms with Gasteiger partial charge in [0, 0.05) is 10.4 Å². The molecule has 0 saturated carbocycles. The monoisotopic (exact) mass is 374 g/mol. The molecule has 0 aliphatic heterocycles. The van der Waals surface area contributed by atoms with Crippen LogP contribution in [-0.2, 0) is 9.53 Å². The van der Waals surface area contributed by atoms with Crippen molar-refractivity contribution in [2.45, 2.75) is 0 Å². The van der Waals surface area contributed by atoms with Gasteiger partial charge in [-0.3, -0.25) is 4.79 Å². The minimum absolute atomic E-state index is 0.135. The molecule has 1 amide bonds. The minimum atomic E-state index is -0.678. The molecule has 0 radical (unpaired) electrons. The Morgan fingerprint density at radius 2 is 1.84 bits per heavy atom. The number of carbonyl (C=O) groups is 2. The van der Waals surface area contributed by atoms with E-state index in [1.54, 1.807) is 30.3 Å². The summed E-state index contributed by atoms with van der Waals surface area (Å²) < 4.78 is 4.99. The first-order chi connectivity index (χ1) is 12.0. The third kappa shape index (κ3) is 4.26. The molecule has 0 aliphatic carbocycles. The third-order valence-electron chi connectivity index (χ3n) is 3.35. The number of para-hydroxylation sites is 1. The Morgan fingerprint density at radius 3 is 2.64 bits per heavy atom. The zero-order valence-corrected chi connectivity index (χ0v) is 14.3. The summed E-state index contributed by atoms with van der Waals surface area (Å²) in [6.07, 6.45) is 0. The number of nitrogens with zero attached hydrogens (tertiary/aromatic N) is 1. The Bertz CT molecular complexity index is 960. The van der Waals surface area contributed by atoms with E-state index in [1.807, 2.05) is 18.2 Å². The molecule has 0 fully saturated rings. The lowest BCUT2D eigenvalue weighted by molar-refractivity contribution is -0.119. The molecule has 0 unspecified atom stereocenters. The fourth-order valence-corrected chi connectivity index (χ4v) is 2.62. The summed E-state index contributed by atoms with van der Waals surface area (Å²) >= 11 is 11.8. The zero-order valence-electron chi connectivity index (χ0n) is 12.8. The number of ether oxygens (including phenoxy) is 1. The van der Waals surface area contributed by atoms with E-state index >= 15 is 0 Å². The summed E-state index contributed by atoms with van der Waals surface area (Å²) in [5.74, 6) is -1.19. The van der Waals surface area contributed by atoms with Gasteiger partial charge < -0.3 is 10.1 Å². The van der Waals surface area contributed by atoms with Gasteiger partial charge >= 0.3 is 5.97 Å². The van der Waals surface area contributed by atoms with E-state index in [0.29, 0.717) is 21.2 Å². The molecule has 0 aliphatic rings. The van der Waals surface area contributed by atoms with Crippen molar-refractivity contribution in [3.8, 4) is 0 Å². The number of carbonyl (C=O) groups excluding carboxylic acids is 2. The Labute approximate surface area is 153 Å². The van der Waals surface area contributed by atoms with Gasteiger partial charge in [-0.25, -0.2) is 9.78 Å². The highest BCUT2D eigenvalue weighted by atomic mass is 35.5. The van der Waals surface area contributed by atoms with Crippen molar-refractivity contribution in [3.63, 3.8) is 0 Å². The van der Waals surface area contributed by atoms with Gasteiger partial charge in [0.1, 0.15) is 5.69 Å². The highest BCUT2D eigenvalue weighted by Crippen LogP contribution is 2.25. The summed E-state index contributed by atoms with van der Waals surface area (Å²) in [5.41, 5.74) is 1.20. The van der Waals surface area contributed by atoms with Crippen LogP contribution < -0.4 is 5.32 Å². The average Bonchev–Trinajstić information content (AvgIpc) is 2.61. The maximum absolute atomic E-state index is 12.0. The van der Waals surface area contributed by atoms with Gasteiger partial charge in [0.2, 0.25) is 0 Å². The lowest BCUT2D eigenvalue weighted by atomic mass is 10.2. The summed E-state index contributed by atoms with van der Waals surface area (Å²) in [6.45, 7) is -0.452. The molecule has 0 atom stereocenters. The van der Waals surface area contributed by atoms with Crippen LogP contribution in [0.15, 0.2) is 54.6 Å². The van der Waals surface area contributed by atoms with Gasteiger partial charge in [-0.2, -0.15) is 0 Å². The SMILES string of the molecule is O=C(COC(=O)c1ccc2ccccc2n1)Nc1ccc(Cl)cc1Cl. The largest absolute Gasteiger partial charge is 0.451 e. The Hall–Kier alpha value is -2.63. The predicted octanol–water partition coefficient (Wildman–Crippen LogP) is 4.34. The van der Waals surface area contributed by atoms with Crippen LogP contribution in [0.2, 0.25) is 10.0 Å². The van der Waals surface area contributed by atoms with Crippen molar-refractivity contribution in [1.82, 2.24) is 4.98 Å². The van der Waals surface area contributed by atoms with Crippen molar-refractivity contribution in [2.24, 2.45) is 0 Å². The van der Waals surface area contributed by atoms with Crippen molar-refractivity contribution < 1.29 is 14.3 Å². The second-order valence-corrected chi connectivity index (χ2v) is 5.98. The zero-order chi connectivity index (χ0) is 17.8. The molecule has 0 saturated heterocycles. The number of halogens is 2. The summed E-state index contributed by atoms with van der Waals surface area (Å²) in [6, 6.07) is 15.4. The van der Waals surface area contributed by atoms with Gasteiger partial charge in [0.15, 0.2) is 6.61 Å². The number of anilines is 1. The lowest BCUT2D eigenvalue weighted by Crippen LogP contribution is -2.21. The first kappa shape index (κ1) is 17.2. The maximum Gasteiger partial charge on any atom is 0.357 e. The lowest BCUT2D eigenvalue weighted by Gasteiger charge is -2.08. The van der Waals surface area contributed by atoms with Gasteiger partial charge in [-0.05, 0) is 30.3 Å². The van der Waals surface area contributed by atoms with E-state index in [0.717, 1.165) is 5.39 Å². The molecule has 3 aromatic rings. The fraction of sp³-hybridized carbons (Fsp3) is 0.0556. The van der Waals surface area contributed by atoms with E-state index in [4.69, 9.17) is 27.9 Å². The van der Waals surface area contributed by atoms with Crippen LogP contribution in [0.25, 0.3) is 10.9 Å². The molecule has 25 heavy (non-hydrogen) atoms. The Kier molecular flexibility index (Phi) is 5.16. The third-order valence-corrected chi connectivity index (χ3v) is 3.89. The molecule has 3 rings (SSSR count). The van der Waals surface area contributed by atoms with Crippen LogP contribution in [0, 0.1) is 0 Å². The minimum Gasteiger partial charge on any atom is -0.451 e. The first-order valence-electron chi connectivity index (χ1n) is 7.31. The Morgan fingerprint density at radius 1 is 1.04 bits per heavy atom. The Balaban J connectivity index is 1.61. The smallest absolute Gasteiger partial charge is 0.357 e. The van der Waals surface area contributed by atoms with Crippen LogP contribution in [-0.4, -0.2) is 23.5 Å². The van der Waals surface area contributed by atoms with Crippen LogP contribution in [0.4, 0.5) is 5.69 Å². The van der Waals surface area contributed by atoms with Gasteiger partial charge in [0.05, 0.1) is 16.2 Å². The molecule has 126 valence electrons. The van der Waals surface area contributed by atoms with Crippen molar-refractivity contribution in [1.29, 1.82) is 0 Å². The molecule has 5 nitrogen and oxygen atoms in total. The van der Waals surface area contributed by atoms with E-state index in [9.17, 15) is 9.59 Å². The molecule has 0 spiro atoms. The molecule has 2 aromatic carbocycles. The topological polar surface area (TPSA) is 68.3 Å². The summed E-state index contributed by atoms with van der Waals surface area (Å²) in [4.78, 5) is 28.2. The van der Waals surface area contributed by atoms with E-state index in [-0.39, 0.29) is 5.69 Å². The number of aromatic nitrogens is 1. The number of benzene rings is 2. The van der Waals surface area contributed by atoms with Crippen LogP contribution in [0.1, 0.15) is 10.5 Å². The first-order valence-corrected chi connectivity index (χ1v) is 8.06. The number of amides is 1. The maximum atomic E-state index is 12.0. The molecular weight excluding hydrogens is 363 g/mol. The molecule has 0 bridgehead atoms. The number of rotatable bonds is 4. The van der Waals surface area contributed by atoms with Crippen molar-refractivity contribution in [3.05, 3.63) is 70.3 Å². The number of hydrogen-bond donors (Lipinski definition) is 1. The van der Waals surface area contributed by atoms with Crippen LogP contribution in [0.3, 0.4) is 0 Å². The second kappa shape index (κ2) is 7.51. The fourth-order valence-electron chi connectivity index (χ4n) is 2.16. The molecule has 1 heterocycles. The molecule has 1 aromatic heterocycles. The van der Waals surface area contributed by atoms with Crippen molar-refractivity contribution in [2.75, 3.05) is 11.9 Å². The molecule has 7 heteroatoms. The van der Waals surface area contributed by atoms with Crippen LogP contribution in [0.5, 0.6) is 0 Å². The number of hydrogen-bond acceptors (Lipinski definition) is 4. The standard InChI is InChI=1S/C18H12Cl2N2O3/c19-12-6-8-15(13(20)9-12)22-17(23)10-25-18(24)16-7-5-11-3-1-2-4-14(11)21-16/h1-9H,10H2,(H,22,23). The van der Waals surface area contributed by atoms with Gasteiger partial charge in [-0.1, -0.05) is 47.5 Å². The highest BCUT2D eigenvalue weighted by Gasteiger charge is 2.13. The van der Waals surface area contributed by atoms with Crippen molar-refractivity contribution >= 4 is 51.7 Å². The number of pyridine rings is 1. The normalized spacial score (nSPS) is 10.5. The van der Waals surface area contributed by atoms with Crippen LogP contribution >= 0.6 is 23.2 Å². The predicted molar refractivity (Wildman–Crippen MR) is 97.1 cm³/mol. The molecular formula is C18H12Cl2N2O3. The van der Waals surface area contributed by atoms with E-state index in [2.05, 4.69) is 10.3 Å². The quantitative estimate of drug-likeness (QED) is 0.689. The number of esters is 1. The average molecular weight is 375 g/mol. The van der Waals surface area contributed by atoms with Gasteiger partial charge in [0.25, 0.3) is 5.91 Å². The summed E-state index contributed by atoms with van der Waals surface area (Å²) in [7, 11) is 0. The molecule has 1 N–H and O–H groups in total. The second-order valence-electron chi connectivity index (χ2n) is 5.14. The number of nitrogens with one attached hydrogen (secondary N) is 1. The summed E-state index contributed by atoms with van der Waals surface area (Å²) in [5, 5.41) is 4.21. The van der Waals surface area contributed by atoms with E-state index < -0.39 is 18.5 Å². The van der Waals surface area contributed by atoms with Gasteiger partial charge in [-0.15, -0.1) is 0 Å².